The molecule has 0 radical (unpaired) electrons. The van der Waals surface area contributed by atoms with Crippen LogP contribution in [0.3, 0.4) is 0 Å². The van der Waals surface area contributed by atoms with Crippen molar-refractivity contribution in [3.05, 3.63) is 109 Å². The Morgan fingerprint density at radius 2 is 0.957 bits per heavy atom. The molecule has 12 heteroatoms. The number of aliphatic hydroxyl groups excluding tert-OH is 2. The Morgan fingerprint density at radius 3 is 1.43 bits per heavy atom. The lowest BCUT2D eigenvalue weighted by molar-refractivity contribution is -0.301. The highest BCUT2D eigenvalue weighted by Crippen LogP contribution is 2.26. The lowest BCUT2D eigenvalue weighted by Gasteiger charge is -2.40. The number of hydrogen-bond acceptors (Lipinski definition) is 11. The molecule has 0 aromatic rings. The van der Waals surface area contributed by atoms with Gasteiger partial charge in [-0.25, -0.2) is 4.79 Å². The fourth-order valence-corrected chi connectivity index (χ4v) is 6.98. The molecular weight excluding hydrogens is 877 g/mol. The second-order valence-corrected chi connectivity index (χ2v) is 17.1. The van der Waals surface area contributed by atoms with E-state index in [-0.39, 0.29) is 25.9 Å². The van der Waals surface area contributed by atoms with Crippen molar-refractivity contribution in [2.75, 3.05) is 13.2 Å². The number of carbonyl (C=O) groups excluding carboxylic acids is 3. The van der Waals surface area contributed by atoms with Gasteiger partial charge < -0.3 is 39.0 Å². The molecule has 12 nitrogen and oxygen atoms in total. The molecule has 0 spiro atoms. The molecule has 0 amide bonds. The molecule has 0 saturated carbocycles. The summed E-state index contributed by atoms with van der Waals surface area (Å²) in [6.45, 7) is 5.60. The zero-order chi connectivity index (χ0) is 50.4. The molecule has 6 atom stereocenters. The lowest BCUT2D eigenvalue weighted by atomic mass is 9.98. The van der Waals surface area contributed by atoms with Crippen LogP contribution < -0.4 is 0 Å². The topological polar surface area (TPSA) is 175 Å². The van der Waals surface area contributed by atoms with Gasteiger partial charge in [-0.15, -0.1) is 0 Å². The van der Waals surface area contributed by atoms with E-state index in [1.807, 2.05) is 24.3 Å². The number of aliphatic carboxylic acids is 1. The van der Waals surface area contributed by atoms with Crippen LogP contribution in [-0.4, -0.2) is 89.2 Å². The van der Waals surface area contributed by atoms with Gasteiger partial charge in [-0.05, 0) is 70.6 Å². The first-order chi connectivity index (χ1) is 33.6. The minimum absolute atomic E-state index is 0.0838. The van der Waals surface area contributed by atoms with Crippen LogP contribution in [0.2, 0.25) is 0 Å². The molecule has 69 heavy (non-hydrogen) atoms. The third-order valence-electron chi connectivity index (χ3n) is 10.9. The predicted molar refractivity (Wildman–Crippen MR) is 275 cm³/mol. The fourth-order valence-electron chi connectivity index (χ4n) is 6.98. The van der Waals surface area contributed by atoms with Gasteiger partial charge in [-0.3, -0.25) is 14.4 Å². The molecule has 6 unspecified atom stereocenters. The van der Waals surface area contributed by atoms with Gasteiger partial charge in [0.2, 0.25) is 0 Å². The highest BCUT2D eigenvalue weighted by atomic mass is 16.7. The average Bonchev–Trinajstić information content (AvgIpc) is 3.33. The zero-order valence-corrected chi connectivity index (χ0v) is 42.3. The van der Waals surface area contributed by atoms with Crippen molar-refractivity contribution in [1.29, 1.82) is 0 Å². The second-order valence-electron chi connectivity index (χ2n) is 17.1. The Balaban J connectivity index is 2.83. The minimum atomic E-state index is -1.94. The van der Waals surface area contributed by atoms with Crippen LogP contribution in [0.4, 0.5) is 0 Å². The largest absolute Gasteiger partial charge is 0.479 e. The molecule has 0 aliphatic carbocycles. The number of allylic oxidation sites excluding steroid dienone is 17. The number of unbranched alkanes of at least 4 members (excludes halogenated alkanes) is 10. The molecule has 1 saturated heterocycles. The van der Waals surface area contributed by atoms with Crippen LogP contribution in [-0.2, 0) is 42.9 Å². The summed E-state index contributed by atoms with van der Waals surface area (Å²) in [6, 6.07) is 0. The van der Waals surface area contributed by atoms with E-state index in [1.54, 1.807) is 12.2 Å². The van der Waals surface area contributed by atoms with E-state index in [0.29, 0.717) is 19.3 Å². The average molecular weight is 965 g/mol. The summed E-state index contributed by atoms with van der Waals surface area (Å²) < 4.78 is 28.0. The van der Waals surface area contributed by atoms with Crippen molar-refractivity contribution >= 4 is 23.9 Å². The van der Waals surface area contributed by atoms with Gasteiger partial charge in [0.15, 0.2) is 24.6 Å². The number of ether oxygens (including phenoxy) is 5. The normalized spacial score (nSPS) is 19.6. The van der Waals surface area contributed by atoms with Crippen LogP contribution in [0.15, 0.2) is 109 Å². The lowest BCUT2D eigenvalue weighted by Crippen LogP contribution is -2.61. The molecule has 0 aromatic heterocycles. The summed E-state index contributed by atoms with van der Waals surface area (Å²) in [5, 5.41) is 31.3. The number of carboxylic acids is 1. The summed E-state index contributed by atoms with van der Waals surface area (Å²) >= 11 is 0. The number of aliphatic hydroxyl groups is 2. The quantitative estimate of drug-likeness (QED) is 0.0229. The summed E-state index contributed by atoms with van der Waals surface area (Å²) in [7, 11) is 0. The van der Waals surface area contributed by atoms with Crippen LogP contribution in [0.25, 0.3) is 0 Å². The first-order valence-electron chi connectivity index (χ1n) is 25.9. The van der Waals surface area contributed by atoms with E-state index in [4.69, 9.17) is 23.7 Å². The molecule has 1 aliphatic rings. The summed E-state index contributed by atoms with van der Waals surface area (Å²) in [4.78, 5) is 50.7. The van der Waals surface area contributed by atoms with Crippen LogP contribution in [0, 0.1) is 0 Å². The van der Waals surface area contributed by atoms with Gasteiger partial charge in [-0.2, -0.15) is 0 Å². The molecular formula is C57H88O12. The predicted octanol–water partition coefficient (Wildman–Crippen LogP) is 12.3. The van der Waals surface area contributed by atoms with Crippen LogP contribution >= 0.6 is 0 Å². The molecule has 0 bridgehead atoms. The molecule has 388 valence electrons. The SMILES string of the molecule is CC/C=C\C/C=C\C/C=C\C/C=C\C/C=C\CC(=O)OC1C(OCC(COC(=O)CC/C=C\C/C=C\C/C=C\C/C=C\CC)OC(=O)CCCCCCCCCCCCC)OC(C(=O)O)C(O)C1O. The van der Waals surface area contributed by atoms with E-state index >= 15 is 0 Å². The number of hydrogen-bond donors (Lipinski definition) is 3. The molecule has 1 aliphatic heterocycles. The number of rotatable bonds is 41. The fraction of sp³-hybridized carbons (Fsp3) is 0.614. The highest BCUT2D eigenvalue weighted by molar-refractivity contribution is 5.74. The third-order valence-corrected chi connectivity index (χ3v) is 10.9. The Bertz CT molecular complexity index is 1620. The molecule has 1 fully saturated rings. The van der Waals surface area contributed by atoms with Gasteiger partial charge in [0.1, 0.15) is 18.8 Å². The first kappa shape index (κ1) is 62.4. The van der Waals surface area contributed by atoms with Gasteiger partial charge in [0.05, 0.1) is 13.0 Å². The number of carboxylic acid groups (broad SMARTS) is 1. The van der Waals surface area contributed by atoms with E-state index in [9.17, 15) is 34.5 Å². The van der Waals surface area contributed by atoms with Crippen molar-refractivity contribution in [3.63, 3.8) is 0 Å². The van der Waals surface area contributed by atoms with E-state index < -0.39 is 67.3 Å². The summed E-state index contributed by atoms with van der Waals surface area (Å²) in [5.74, 6) is -3.41. The third kappa shape index (κ3) is 35.2. The minimum Gasteiger partial charge on any atom is -0.479 e. The summed E-state index contributed by atoms with van der Waals surface area (Å²) in [5.41, 5.74) is 0. The first-order valence-corrected chi connectivity index (χ1v) is 25.9. The molecule has 1 rings (SSSR count). The maximum atomic E-state index is 13.0. The second kappa shape index (κ2) is 44.6. The van der Waals surface area contributed by atoms with Crippen LogP contribution in [0.1, 0.15) is 175 Å². The van der Waals surface area contributed by atoms with Crippen molar-refractivity contribution in [2.24, 2.45) is 0 Å². The smallest absolute Gasteiger partial charge is 0.335 e. The van der Waals surface area contributed by atoms with E-state index in [0.717, 1.165) is 70.6 Å². The highest BCUT2D eigenvalue weighted by Gasteiger charge is 2.50. The van der Waals surface area contributed by atoms with E-state index in [1.165, 1.54) is 44.9 Å². The molecule has 1 heterocycles. The summed E-state index contributed by atoms with van der Waals surface area (Å²) in [6.07, 6.45) is 47.0. The van der Waals surface area contributed by atoms with Crippen LogP contribution in [0.5, 0.6) is 0 Å². The molecule has 3 N–H and O–H groups in total. The Labute approximate surface area is 415 Å². The van der Waals surface area contributed by atoms with Gasteiger partial charge in [0, 0.05) is 12.8 Å². The monoisotopic (exact) mass is 965 g/mol. The van der Waals surface area contributed by atoms with E-state index in [2.05, 4.69) is 93.7 Å². The van der Waals surface area contributed by atoms with Crippen molar-refractivity contribution in [2.45, 2.75) is 212 Å². The number of carbonyl (C=O) groups is 4. The van der Waals surface area contributed by atoms with Gasteiger partial charge in [-0.1, -0.05) is 194 Å². The maximum Gasteiger partial charge on any atom is 0.335 e. The Morgan fingerprint density at radius 1 is 0.507 bits per heavy atom. The van der Waals surface area contributed by atoms with Crippen molar-refractivity contribution < 1.29 is 58.2 Å². The number of esters is 3. The Hall–Kier alpha value is -4.62. The van der Waals surface area contributed by atoms with Gasteiger partial charge in [0.25, 0.3) is 0 Å². The van der Waals surface area contributed by atoms with Gasteiger partial charge >= 0.3 is 23.9 Å². The molecule has 0 aromatic carbocycles. The Kier molecular flexibility index (Phi) is 40.3. The standard InChI is InChI=1S/C57H88O12/c1-4-7-10-13-16-19-22-24-25-27-30-33-36-39-42-45-51(60)68-55-53(62)52(61)54(56(63)64)69-57(55)66-47-48(67-50(59)44-41-38-35-32-28-21-18-15-12-9-6-3)46-65-49(58)43-40-37-34-31-29-26-23-20-17-14-11-8-5-2/h7-8,10-11,16-17,19-20,24-26,29-30,33-34,37,39,42,48,52-55,57,61-62H,4-6,9,12-15,18,21-23,27-28,31-32,35-36,38,40-41,43-47H2,1-3H3,(H,63,64)/b10-7-,11-8-,19-16-,20-17-,25-24-,29-26-,33-30-,37-34-,42-39-. The van der Waals surface area contributed by atoms with Crippen molar-refractivity contribution in [1.82, 2.24) is 0 Å². The van der Waals surface area contributed by atoms with Crippen molar-refractivity contribution in [3.8, 4) is 0 Å². The maximum absolute atomic E-state index is 13.0. The zero-order valence-electron chi connectivity index (χ0n) is 42.3.